The minimum atomic E-state index is 0.130. The summed E-state index contributed by atoms with van der Waals surface area (Å²) in [6, 6.07) is 5.83. The van der Waals surface area contributed by atoms with E-state index in [2.05, 4.69) is 6.92 Å². The number of rotatable bonds is 4. The molecule has 1 aromatic rings. The molecule has 0 bridgehead atoms. The number of nitrogens with two attached hydrogens (primary N) is 1. The lowest BCUT2D eigenvalue weighted by molar-refractivity contribution is 0.242. The maximum Gasteiger partial charge on any atom is 0.138 e. The van der Waals surface area contributed by atoms with Crippen molar-refractivity contribution in [3.63, 3.8) is 0 Å². The van der Waals surface area contributed by atoms with Crippen molar-refractivity contribution in [1.82, 2.24) is 0 Å². The molecule has 0 aliphatic rings. The molecule has 0 amide bonds. The smallest absolute Gasteiger partial charge is 0.138 e. The predicted octanol–water partition coefficient (Wildman–Crippen LogP) is 3.19. The first-order chi connectivity index (χ1) is 7.04. The highest BCUT2D eigenvalue weighted by Crippen LogP contribution is 2.29. The summed E-state index contributed by atoms with van der Waals surface area (Å²) in [6.45, 7) is 6.68. The van der Waals surface area contributed by atoms with Gasteiger partial charge in [0.25, 0.3) is 0 Å². The first kappa shape index (κ1) is 12.3. The summed E-state index contributed by atoms with van der Waals surface area (Å²) in [5.41, 5.74) is 6.78. The summed E-state index contributed by atoms with van der Waals surface area (Å²) in [6.07, 6.45) is 0.130. The molecule has 15 heavy (non-hydrogen) atoms. The third kappa shape index (κ3) is 3.40. The molecule has 3 heteroatoms. The number of halogens is 1. The van der Waals surface area contributed by atoms with E-state index < -0.39 is 0 Å². The van der Waals surface area contributed by atoms with Crippen LogP contribution < -0.4 is 10.5 Å². The van der Waals surface area contributed by atoms with Crippen molar-refractivity contribution in [3.05, 3.63) is 28.8 Å². The van der Waals surface area contributed by atoms with Crippen LogP contribution in [-0.2, 0) is 0 Å². The van der Waals surface area contributed by atoms with Crippen molar-refractivity contribution in [2.45, 2.75) is 32.8 Å². The van der Waals surface area contributed by atoms with E-state index in [0.717, 1.165) is 11.3 Å². The normalized spacial score (nSPS) is 12.9. The average molecular weight is 228 g/mol. The lowest BCUT2D eigenvalue weighted by atomic mass is 10.0. The molecule has 2 N–H and O–H groups in total. The molecular weight excluding hydrogens is 210 g/mol. The van der Waals surface area contributed by atoms with E-state index in [1.54, 1.807) is 0 Å². The van der Waals surface area contributed by atoms with Gasteiger partial charge in [-0.05, 0) is 44.0 Å². The Kier molecular flexibility index (Phi) is 4.43. The summed E-state index contributed by atoms with van der Waals surface area (Å²) in [5.74, 6) is 1.07. The third-order valence-electron chi connectivity index (χ3n) is 2.24. The molecule has 0 spiro atoms. The lowest BCUT2D eigenvalue weighted by Gasteiger charge is -2.15. The van der Waals surface area contributed by atoms with Crippen LogP contribution in [0.2, 0.25) is 5.02 Å². The molecule has 0 aliphatic carbocycles. The molecule has 0 saturated heterocycles. The van der Waals surface area contributed by atoms with E-state index in [1.165, 1.54) is 0 Å². The van der Waals surface area contributed by atoms with E-state index in [1.807, 2.05) is 32.0 Å². The van der Waals surface area contributed by atoms with Gasteiger partial charge in [0.2, 0.25) is 0 Å². The van der Waals surface area contributed by atoms with Gasteiger partial charge >= 0.3 is 0 Å². The number of hydrogen-bond acceptors (Lipinski definition) is 2. The Morgan fingerprint density at radius 1 is 1.33 bits per heavy atom. The van der Waals surface area contributed by atoms with Crippen molar-refractivity contribution in [3.8, 4) is 5.75 Å². The quantitative estimate of drug-likeness (QED) is 0.858. The van der Waals surface area contributed by atoms with Crippen LogP contribution in [0.25, 0.3) is 0 Å². The second-order valence-corrected chi connectivity index (χ2v) is 4.40. The van der Waals surface area contributed by atoms with Crippen molar-refractivity contribution >= 4 is 11.6 Å². The molecule has 0 saturated carbocycles. The topological polar surface area (TPSA) is 35.2 Å². The fourth-order valence-corrected chi connectivity index (χ4v) is 1.47. The molecule has 0 aromatic heterocycles. The fourth-order valence-electron chi connectivity index (χ4n) is 1.31. The van der Waals surface area contributed by atoms with Crippen molar-refractivity contribution in [1.29, 1.82) is 0 Å². The number of benzene rings is 1. The van der Waals surface area contributed by atoms with Crippen molar-refractivity contribution in [2.24, 2.45) is 5.73 Å². The zero-order chi connectivity index (χ0) is 11.4. The Bertz CT molecular complexity index is 325. The van der Waals surface area contributed by atoms with E-state index in [4.69, 9.17) is 22.1 Å². The van der Waals surface area contributed by atoms with Crippen LogP contribution in [0.4, 0.5) is 0 Å². The standard InChI is InChI=1S/C12H18ClNO/c1-8(2)15-12-6-10(9(3)7-14)4-5-11(12)13/h4-6,8-9H,7,14H2,1-3H3. The van der Waals surface area contributed by atoms with Gasteiger partial charge < -0.3 is 10.5 Å². The van der Waals surface area contributed by atoms with Gasteiger partial charge in [0, 0.05) is 0 Å². The largest absolute Gasteiger partial charge is 0.489 e. The molecule has 1 rings (SSSR count). The molecule has 1 aromatic carbocycles. The van der Waals surface area contributed by atoms with Crippen LogP contribution >= 0.6 is 11.6 Å². The zero-order valence-corrected chi connectivity index (χ0v) is 10.2. The Hall–Kier alpha value is -0.730. The number of ether oxygens (including phenoxy) is 1. The minimum Gasteiger partial charge on any atom is -0.489 e. The second-order valence-electron chi connectivity index (χ2n) is 3.99. The predicted molar refractivity (Wildman–Crippen MR) is 64.7 cm³/mol. The van der Waals surface area contributed by atoms with Crippen LogP contribution in [0.5, 0.6) is 5.75 Å². The Labute approximate surface area is 96.4 Å². The van der Waals surface area contributed by atoms with E-state index >= 15 is 0 Å². The summed E-state index contributed by atoms with van der Waals surface area (Å²) in [4.78, 5) is 0. The van der Waals surface area contributed by atoms with Gasteiger partial charge in [-0.25, -0.2) is 0 Å². The molecule has 84 valence electrons. The molecule has 1 atom stereocenters. The molecule has 0 fully saturated rings. The Morgan fingerprint density at radius 2 is 2.00 bits per heavy atom. The van der Waals surface area contributed by atoms with Crippen LogP contribution in [0.3, 0.4) is 0 Å². The van der Waals surface area contributed by atoms with E-state index in [9.17, 15) is 0 Å². The highest BCUT2D eigenvalue weighted by Gasteiger charge is 2.08. The first-order valence-corrected chi connectivity index (χ1v) is 5.58. The van der Waals surface area contributed by atoms with Crippen molar-refractivity contribution in [2.75, 3.05) is 6.54 Å². The highest BCUT2D eigenvalue weighted by molar-refractivity contribution is 6.32. The summed E-state index contributed by atoms with van der Waals surface area (Å²) >= 11 is 6.03. The van der Waals surface area contributed by atoms with Gasteiger partial charge in [0.15, 0.2) is 0 Å². The molecule has 1 unspecified atom stereocenters. The lowest BCUT2D eigenvalue weighted by Crippen LogP contribution is -2.10. The highest BCUT2D eigenvalue weighted by atomic mass is 35.5. The number of hydrogen-bond donors (Lipinski definition) is 1. The molecule has 0 heterocycles. The molecule has 0 radical (unpaired) electrons. The first-order valence-electron chi connectivity index (χ1n) is 5.20. The monoisotopic (exact) mass is 227 g/mol. The van der Waals surface area contributed by atoms with Gasteiger partial charge in [-0.3, -0.25) is 0 Å². The zero-order valence-electron chi connectivity index (χ0n) is 9.46. The summed E-state index contributed by atoms with van der Waals surface area (Å²) in [5, 5.41) is 0.650. The molecule has 0 aliphatic heterocycles. The van der Waals surface area contributed by atoms with E-state index in [-0.39, 0.29) is 6.10 Å². The third-order valence-corrected chi connectivity index (χ3v) is 2.55. The average Bonchev–Trinajstić information content (AvgIpc) is 2.19. The maximum absolute atomic E-state index is 6.03. The summed E-state index contributed by atoms with van der Waals surface area (Å²) in [7, 11) is 0. The Morgan fingerprint density at radius 3 is 2.53 bits per heavy atom. The van der Waals surface area contributed by atoms with Crippen LogP contribution in [0, 0.1) is 0 Å². The van der Waals surface area contributed by atoms with Gasteiger partial charge in [0.1, 0.15) is 5.75 Å². The van der Waals surface area contributed by atoms with Crippen LogP contribution in [0.1, 0.15) is 32.3 Å². The van der Waals surface area contributed by atoms with Crippen molar-refractivity contribution < 1.29 is 4.74 Å². The summed E-state index contributed by atoms with van der Waals surface area (Å²) < 4.78 is 5.61. The molecular formula is C12H18ClNO. The van der Waals surface area contributed by atoms with E-state index in [0.29, 0.717) is 17.5 Å². The van der Waals surface area contributed by atoms with Gasteiger partial charge in [-0.15, -0.1) is 0 Å². The van der Waals surface area contributed by atoms with Gasteiger partial charge in [0.05, 0.1) is 11.1 Å². The molecule has 2 nitrogen and oxygen atoms in total. The second kappa shape index (κ2) is 5.38. The van der Waals surface area contributed by atoms with Crippen LogP contribution in [0.15, 0.2) is 18.2 Å². The SMILES string of the molecule is CC(C)Oc1cc(C(C)CN)ccc1Cl. The fraction of sp³-hybridized carbons (Fsp3) is 0.500. The van der Waals surface area contributed by atoms with Gasteiger partial charge in [-0.2, -0.15) is 0 Å². The minimum absolute atomic E-state index is 0.130. The maximum atomic E-state index is 6.03. The Balaban J connectivity index is 2.94. The van der Waals surface area contributed by atoms with Crippen LogP contribution in [-0.4, -0.2) is 12.6 Å². The van der Waals surface area contributed by atoms with Gasteiger partial charge in [-0.1, -0.05) is 24.6 Å².